The molecule has 0 heterocycles. The van der Waals surface area contributed by atoms with Crippen molar-refractivity contribution < 1.29 is 9.53 Å². The van der Waals surface area contributed by atoms with Crippen molar-refractivity contribution in [3.05, 3.63) is 60.2 Å². The summed E-state index contributed by atoms with van der Waals surface area (Å²) in [5.41, 5.74) is 1.13. The maximum Gasteiger partial charge on any atom is 0.220 e. The van der Waals surface area contributed by atoms with Crippen LogP contribution < -0.4 is 10.1 Å². The summed E-state index contributed by atoms with van der Waals surface area (Å²) in [6, 6.07) is 18.2. The molecule has 0 spiro atoms. The van der Waals surface area contributed by atoms with Crippen molar-refractivity contribution in [2.45, 2.75) is 17.4 Å². The first-order valence-electron chi connectivity index (χ1n) is 8.35. The van der Waals surface area contributed by atoms with E-state index in [2.05, 4.69) is 28.4 Å². The molecule has 0 aliphatic carbocycles. The molecule has 0 fully saturated rings. The number of ether oxygens (including phenoxy) is 1. The van der Waals surface area contributed by atoms with Gasteiger partial charge in [-0.2, -0.15) is 0 Å². The Hall–Kier alpha value is -1.98. The van der Waals surface area contributed by atoms with E-state index in [-0.39, 0.29) is 11.9 Å². The lowest BCUT2D eigenvalue weighted by molar-refractivity contribution is -0.120. The SMILES string of the molecule is COc1cccc(C(CNC(=O)CCSc2ccccc2)N(C)C)c1. The summed E-state index contributed by atoms with van der Waals surface area (Å²) in [6.45, 7) is 0.578. The van der Waals surface area contributed by atoms with Crippen molar-refractivity contribution >= 4 is 17.7 Å². The number of nitrogens with one attached hydrogen (secondary N) is 1. The van der Waals surface area contributed by atoms with E-state index in [9.17, 15) is 4.79 Å². The van der Waals surface area contributed by atoms with Crippen molar-refractivity contribution in [2.24, 2.45) is 0 Å². The van der Waals surface area contributed by atoms with Crippen LogP contribution in [-0.4, -0.2) is 44.3 Å². The molecule has 4 nitrogen and oxygen atoms in total. The number of hydrogen-bond acceptors (Lipinski definition) is 4. The average Bonchev–Trinajstić information content (AvgIpc) is 2.62. The predicted molar refractivity (Wildman–Crippen MR) is 104 cm³/mol. The van der Waals surface area contributed by atoms with E-state index in [0.717, 1.165) is 17.1 Å². The van der Waals surface area contributed by atoms with Crippen LogP contribution in [0.4, 0.5) is 0 Å². The Kier molecular flexibility index (Phi) is 7.82. The first-order chi connectivity index (χ1) is 12.1. The molecular formula is C20H26N2O2S. The van der Waals surface area contributed by atoms with E-state index in [0.29, 0.717) is 13.0 Å². The molecule has 1 atom stereocenters. The Labute approximate surface area is 154 Å². The van der Waals surface area contributed by atoms with Crippen molar-refractivity contribution in [2.75, 3.05) is 33.5 Å². The normalized spacial score (nSPS) is 12.0. The summed E-state index contributed by atoms with van der Waals surface area (Å²) in [6.07, 6.45) is 0.512. The van der Waals surface area contributed by atoms with E-state index in [1.54, 1.807) is 18.9 Å². The van der Waals surface area contributed by atoms with Gasteiger partial charge in [0.15, 0.2) is 0 Å². The van der Waals surface area contributed by atoms with Crippen LogP contribution in [0.25, 0.3) is 0 Å². The number of methoxy groups -OCH3 is 1. The summed E-state index contributed by atoms with van der Waals surface area (Å²) in [7, 11) is 5.69. The lowest BCUT2D eigenvalue weighted by atomic mass is 10.1. The molecule has 0 aromatic heterocycles. The minimum Gasteiger partial charge on any atom is -0.497 e. The van der Waals surface area contributed by atoms with Crippen LogP contribution in [0.1, 0.15) is 18.0 Å². The van der Waals surface area contributed by atoms with Crippen molar-refractivity contribution in [3.8, 4) is 5.75 Å². The molecule has 0 radical (unpaired) electrons. The highest BCUT2D eigenvalue weighted by Crippen LogP contribution is 2.22. The van der Waals surface area contributed by atoms with Gasteiger partial charge in [0, 0.05) is 23.6 Å². The van der Waals surface area contributed by atoms with Gasteiger partial charge in [0.05, 0.1) is 13.2 Å². The second kappa shape index (κ2) is 10.1. The summed E-state index contributed by atoms with van der Waals surface area (Å²) >= 11 is 1.70. The Morgan fingerprint density at radius 3 is 2.60 bits per heavy atom. The third-order valence-electron chi connectivity index (χ3n) is 3.94. The highest BCUT2D eigenvalue weighted by Gasteiger charge is 2.16. The number of likely N-dealkylation sites (N-methyl/N-ethyl adjacent to an activating group) is 1. The fraction of sp³-hybridized carbons (Fsp3) is 0.350. The van der Waals surface area contributed by atoms with Crippen LogP contribution >= 0.6 is 11.8 Å². The van der Waals surface area contributed by atoms with Gasteiger partial charge in [0.25, 0.3) is 0 Å². The predicted octanol–water partition coefficient (Wildman–Crippen LogP) is 3.60. The smallest absolute Gasteiger partial charge is 0.220 e. The minimum absolute atomic E-state index is 0.0816. The molecule has 0 saturated carbocycles. The van der Waals surface area contributed by atoms with Crippen LogP contribution in [0.5, 0.6) is 5.75 Å². The van der Waals surface area contributed by atoms with Gasteiger partial charge in [-0.25, -0.2) is 0 Å². The van der Waals surface area contributed by atoms with Gasteiger partial charge in [-0.15, -0.1) is 11.8 Å². The lowest BCUT2D eigenvalue weighted by Crippen LogP contribution is -2.34. The highest BCUT2D eigenvalue weighted by atomic mass is 32.2. The molecule has 2 aromatic rings. The molecule has 25 heavy (non-hydrogen) atoms. The molecule has 0 aliphatic rings. The van der Waals surface area contributed by atoms with E-state index in [4.69, 9.17) is 4.74 Å². The second-order valence-corrected chi connectivity index (χ2v) is 7.14. The molecule has 1 N–H and O–H groups in total. The Morgan fingerprint density at radius 1 is 1.16 bits per heavy atom. The quantitative estimate of drug-likeness (QED) is 0.696. The monoisotopic (exact) mass is 358 g/mol. The Morgan fingerprint density at radius 2 is 1.92 bits per heavy atom. The van der Waals surface area contributed by atoms with Crippen molar-refractivity contribution in [1.29, 1.82) is 0 Å². The number of benzene rings is 2. The highest BCUT2D eigenvalue weighted by molar-refractivity contribution is 7.99. The van der Waals surface area contributed by atoms with E-state index >= 15 is 0 Å². The number of rotatable bonds is 9. The number of nitrogens with zero attached hydrogens (tertiary/aromatic N) is 1. The molecule has 0 saturated heterocycles. The van der Waals surface area contributed by atoms with E-state index in [1.165, 1.54) is 4.90 Å². The molecule has 2 aromatic carbocycles. The van der Waals surface area contributed by atoms with Crippen LogP contribution in [0.15, 0.2) is 59.5 Å². The Bertz CT molecular complexity index is 662. The standard InChI is InChI=1S/C20H26N2O2S/c1-22(2)19(16-8-7-9-17(14-16)24-3)15-21-20(23)12-13-25-18-10-5-4-6-11-18/h4-11,14,19H,12-13,15H2,1-3H3,(H,21,23). The summed E-state index contributed by atoms with van der Waals surface area (Å²) in [5.74, 6) is 1.69. The van der Waals surface area contributed by atoms with Crippen molar-refractivity contribution in [3.63, 3.8) is 0 Å². The number of hydrogen-bond donors (Lipinski definition) is 1. The Balaban J connectivity index is 1.82. The third-order valence-corrected chi connectivity index (χ3v) is 4.95. The molecular weight excluding hydrogens is 332 g/mol. The minimum atomic E-state index is 0.0816. The fourth-order valence-corrected chi connectivity index (χ4v) is 3.40. The van der Waals surface area contributed by atoms with Crippen LogP contribution in [-0.2, 0) is 4.79 Å². The van der Waals surface area contributed by atoms with Gasteiger partial charge in [-0.1, -0.05) is 30.3 Å². The summed E-state index contributed by atoms with van der Waals surface area (Å²) < 4.78 is 5.30. The van der Waals surface area contributed by atoms with Crippen LogP contribution in [0, 0.1) is 0 Å². The molecule has 2 rings (SSSR count). The third kappa shape index (κ3) is 6.44. The lowest BCUT2D eigenvalue weighted by Gasteiger charge is -2.25. The first kappa shape index (κ1) is 19.3. The second-order valence-electron chi connectivity index (χ2n) is 5.97. The average molecular weight is 359 g/mol. The summed E-state index contributed by atoms with van der Waals surface area (Å²) in [4.78, 5) is 15.4. The number of amides is 1. The number of thioether (sulfide) groups is 1. The van der Waals surface area contributed by atoms with Gasteiger partial charge < -0.3 is 15.0 Å². The molecule has 0 aliphatic heterocycles. The van der Waals surface area contributed by atoms with Gasteiger partial charge >= 0.3 is 0 Å². The maximum absolute atomic E-state index is 12.1. The zero-order valence-electron chi connectivity index (χ0n) is 15.1. The fourth-order valence-electron chi connectivity index (χ4n) is 2.52. The molecule has 5 heteroatoms. The number of carbonyl (C=O) groups excluding carboxylic acids is 1. The largest absolute Gasteiger partial charge is 0.497 e. The van der Waals surface area contributed by atoms with Gasteiger partial charge in [0.1, 0.15) is 5.75 Å². The van der Waals surface area contributed by atoms with E-state index in [1.807, 2.05) is 50.5 Å². The maximum atomic E-state index is 12.1. The number of carbonyl (C=O) groups is 1. The van der Waals surface area contributed by atoms with E-state index < -0.39 is 0 Å². The summed E-state index contributed by atoms with van der Waals surface area (Å²) in [5, 5.41) is 3.05. The van der Waals surface area contributed by atoms with Gasteiger partial charge in [-0.05, 0) is 43.9 Å². The molecule has 1 amide bonds. The van der Waals surface area contributed by atoms with Crippen molar-refractivity contribution in [1.82, 2.24) is 10.2 Å². The molecule has 0 bridgehead atoms. The van der Waals surface area contributed by atoms with Crippen LogP contribution in [0.3, 0.4) is 0 Å². The van der Waals surface area contributed by atoms with Crippen LogP contribution in [0.2, 0.25) is 0 Å². The topological polar surface area (TPSA) is 41.6 Å². The zero-order valence-corrected chi connectivity index (χ0v) is 15.9. The molecule has 134 valence electrons. The zero-order chi connectivity index (χ0) is 18.1. The first-order valence-corrected chi connectivity index (χ1v) is 9.33. The van der Waals surface area contributed by atoms with Gasteiger partial charge in [-0.3, -0.25) is 4.79 Å². The molecule has 1 unspecified atom stereocenters. The van der Waals surface area contributed by atoms with Gasteiger partial charge in [0.2, 0.25) is 5.91 Å².